The maximum absolute atomic E-state index is 7.28. The summed E-state index contributed by atoms with van der Waals surface area (Å²) in [5, 5.41) is 10.6. The summed E-state index contributed by atoms with van der Waals surface area (Å²) in [6, 6.07) is 6.06. The highest BCUT2D eigenvalue weighted by atomic mass is 14.9. The van der Waals surface area contributed by atoms with E-state index in [0.29, 0.717) is 11.6 Å². The monoisotopic (exact) mass is 203 g/mol. The third-order valence-electron chi connectivity index (χ3n) is 3.08. The fourth-order valence-corrected chi connectivity index (χ4v) is 2.13. The molecule has 0 aromatic heterocycles. The molecule has 0 bridgehead atoms. The molecule has 0 atom stereocenters. The smallest absolute Gasteiger partial charge is 0.0403 e. The van der Waals surface area contributed by atoms with E-state index in [4.69, 9.17) is 11.1 Å². The molecule has 0 amide bonds. The quantitative estimate of drug-likeness (QED) is 0.506. The van der Waals surface area contributed by atoms with Crippen molar-refractivity contribution in [3.8, 4) is 0 Å². The van der Waals surface area contributed by atoms with E-state index in [1.165, 1.54) is 24.6 Å². The standard InChI is InChI=1S/C12H17N3/c13-8-11-7-10(1-2-12(11)14)9-3-5-15-6-4-9/h1-2,7-9,13,15H,3-6,14H2. The van der Waals surface area contributed by atoms with E-state index >= 15 is 0 Å². The van der Waals surface area contributed by atoms with Gasteiger partial charge in [0.25, 0.3) is 0 Å². The number of anilines is 1. The lowest BCUT2D eigenvalue weighted by molar-refractivity contribution is 0.460. The molecule has 1 aromatic rings. The van der Waals surface area contributed by atoms with Crippen LogP contribution in [0.1, 0.15) is 29.9 Å². The molecule has 3 nitrogen and oxygen atoms in total. The van der Waals surface area contributed by atoms with Crippen molar-refractivity contribution in [1.29, 1.82) is 5.41 Å². The lowest BCUT2D eigenvalue weighted by atomic mass is 9.89. The summed E-state index contributed by atoms with van der Waals surface area (Å²) in [6.07, 6.45) is 3.70. The van der Waals surface area contributed by atoms with Crippen molar-refractivity contribution in [1.82, 2.24) is 5.32 Å². The summed E-state index contributed by atoms with van der Waals surface area (Å²) < 4.78 is 0. The third-order valence-corrected chi connectivity index (χ3v) is 3.08. The van der Waals surface area contributed by atoms with Crippen LogP contribution < -0.4 is 11.1 Å². The topological polar surface area (TPSA) is 61.9 Å². The van der Waals surface area contributed by atoms with Gasteiger partial charge in [-0.3, -0.25) is 0 Å². The minimum absolute atomic E-state index is 0.630. The van der Waals surface area contributed by atoms with Gasteiger partial charge in [-0.15, -0.1) is 0 Å². The first kappa shape index (κ1) is 10.2. The van der Waals surface area contributed by atoms with Crippen molar-refractivity contribution < 1.29 is 0 Å². The van der Waals surface area contributed by atoms with Crippen molar-refractivity contribution >= 4 is 11.9 Å². The Bertz CT molecular complexity index is 354. The number of nitrogens with two attached hydrogens (primary N) is 1. The molecule has 0 saturated carbocycles. The van der Waals surface area contributed by atoms with Crippen LogP contribution in [0.15, 0.2) is 18.2 Å². The van der Waals surface area contributed by atoms with E-state index in [1.54, 1.807) is 0 Å². The van der Waals surface area contributed by atoms with Crippen LogP contribution >= 0.6 is 0 Å². The summed E-state index contributed by atoms with van der Waals surface area (Å²) in [7, 11) is 0. The molecular formula is C12H17N3. The largest absolute Gasteiger partial charge is 0.398 e. The predicted octanol–water partition coefficient (Wildman–Crippen LogP) is 1.73. The SMILES string of the molecule is N=Cc1cc(C2CCNCC2)ccc1N. The molecule has 1 aromatic carbocycles. The Labute approximate surface area is 90.2 Å². The molecule has 2 rings (SSSR count). The fourth-order valence-electron chi connectivity index (χ4n) is 2.13. The highest BCUT2D eigenvalue weighted by Gasteiger charge is 2.15. The van der Waals surface area contributed by atoms with E-state index < -0.39 is 0 Å². The number of rotatable bonds is 2. The van der Waals surface area contributed by atoms with E-state index in [-0.39, 0.29) is 0 Å². The van der Waals surface area contributed by atoms with E-state index in [0.717, 1.165) is 18.7 Å². The molecule has 1 saturated heterocycles. The van der Waals surface area contributed by atoms with Gasteiger partial charge in [-0.05, 0) is 49.5 Å². The number of nitrogen functional groups attached to an aromatic ring is 1. The molecule has 0 aliphatic carbocycles. The number of benzene rings is 1. The highest BCUT2D eigenvalue weighted by molar-refractivity contribution is 5.85. The van der Waals surface area contributed by atoms with Crippen molar-refractivity contribution in [2.45, 2.75) is 18.8 Å². The van der Waals surface area contributed by atoms with Crippen molar-refractivity contribution in [3.63, 3.8) is 0 Å². The molecule has 0 unspecified atom stereocenters. The zero-order valence-electron chi connectivity index (χ0n) is 8.79. The van der Waals surface area contributed by atoms with Crippen LogP contribution in [0.25, 0.3) is 0 Å². The molecule has 4 N–H and O–H groups in total. The van der Waals surface area contributed by atoms with E-state index in [2.05, 4.69) is 17.4 Å². The molecule has 0 radical (unpaired) electrons. The molecule has 15 heavy (non-hydrogen) atoms. The maximum Gasteiger partial charge on any atom is 0.0403 e. The molecule has 3 heteroatoms. The fraction of sp³-hybridized carbons (Fsp3) is 0.417. The second kappa shape index (κ2) is 4.45. The minimum Gasteiger partial charge on any atom is -0.398 e. The summed E-state index contributed by atoms with van der Waals surface area (Å²) >= 11 is 0. The Morgan fingerprint density at radius 1 is 1.33 bits per heavy atom. The second-order valence-electron chi connectivity index (χ2n) is 4.06. The Morgan fingerprint density at radius 3 is 2.73 bits per heavy atom. The first-order valence-electron chi connectivity index (χ1n) is 5.42. The van der Waals surface area contributed by atoms with Gasteiger partial charge in [0, 0.05) is 17.5 Å². The molecule has 1 fully saturated rings. The van der Waals surface area contributed by atoms with E-state index in [9.17, 15) is 0 Å². The first-order valence-corrected chi connectivity index (χ1v) is 5.42. The maximum atomic E-state index is 7.28. The summed E-state index contributed by atoms with van der Waals surface area (Å²) in [5.74, 6) is 0.630. The zero-order chi connectivity index (χ0) is 10.7. The van der Waals surface area contributed by atoms with Gasteiger partial charge >= 0.3 is 0 Å². The lowest BCUT2D eigenvalue weighted by Crippen LogP contribution is -2.26. The van der Waals surface area contributed by atoms with Gasteiger partial charge in [0.2, 0.25) is 0 Å². The number of piperidine rings is 1. The van der Waals surface area contributed by atoms with Crippen LogP contribution in [-0.4, -0.2) is 19.3 Å². The lowest BCUT2D eigenvalue weighted by Gasteiger charge is -2.23. The normalized spacial score (nSPS) is 17.6. The van der Waals surface area contributed by atoms with Gasteiger partial charge in [-0.2, -0.15) is 0 Å². The van der Waals surface area contributed by atoms with Gasteiger partial charge in [0.15, 0.2) is 0 Å². The average molecular weight is 203 g/mol. The van der Waals surface area contributed by atoms with Crippen molar-refractivity contribution in [2.24, 2.45) is 0 Å². The second-order valence-corrected chi connectivity index (χ2v) is 4.06. The number of hydrogen-bond acceptors (Lipinski definition) is 3. The number of nitrogens with one attached hydrogen (secondary N) is 2. The van der Waals surface area contributed by atoms with Crippen LogP contribution in [0.4, 0.5) is 5.69 Å². The van der Waals surface area contributed by atoms with E-state index in [1.807, 2.05) is 6.07 Å². The number of hydrogen-bond donors (Lipinski definition) is 3. The summed E-state index contributed by atoms with van der Waals surface area (Å²) in [6.45, 7) is 2.18. The van der Waals surface area contributed by atoms with Crippen LogP contribution in [0.5, 0.6) is 0 Å². The summed E-state index contributed by atoms with van der Waals surface area (Å²) in [4.78, 5) is 0. The Hall–Kier alpha value is -1.35. The van der Waals surface area contributed by atoms with Crippen LogP contribution in [-0.2, 0) is 0 Å². The van der Waals surface area contributed by atoms with Gasteiger partial charge in [-0.1, -0.05) is 6.07 Å². The molecule has 1 aliphatic rings. The van der Waals surface area contributed by atoms with Gasteiger partial charge in [0.05, 0.1) is 0 Å². The molecular weight excluding hydrogens is 186 g/mol. The van der Waals surface area contributed by atoms with Crippen LogP contribution in [0, 0.1) is 5.41 Å². The van der Waals surface area contributed by atoms with Gasteiger partial charge in [0.1, 0.15) is 0 Å². The molecule has 0 spiro atoms. The molecule has 80 valence electrons. The highest BCUT2D eigenvalue weighted by Crippen LogP contribution is 2.27. The summed E-state index contributed by atoms with van der Waals surface area (Å²) in [5.41, 5.74) is 8.63. The molecule has 1 aliphatic heterocycles. The third kappa shape index (κ3) is 2.18. The Kier molecular flexibility index (Phi) is 3.02. The molecule has 1 heterocycles. The Morgan fingerprint density at radius 2 is 2.07 bits per heavy atom. The van der Waals surface area contributed by atoms with Gasteiger partial charge in [-0.25, -0.2) is 0 Å². The van der Waals surface area contributed by atoms with Crippen molar-refractivity contribution in [3.05, 3.63) is 29.3 Å². The first-order chi connectivity index (χ1) is 7.31. The van der Waals surface area contributed by atoms with Crippen LogP contribution in [0.3, 0.4) is 0 Å². The van der Waals surface area contributed by atoms with Crippen molar-refractivity contribution in [2.75, 3.05) is 18.8 Å². The minimum atomic E-state index is 0.630. The van der Waals surface area contributed by atoms with Gasteiger partial charge < -0.3 is 16.5 Å². The Balaban J connectivity index is 2.23. The predicted molar refractivity (Wildman–Crippen MR) is 63.6 cm³/mol. The van der Waals surface area contributed by atoms with Crippen LogP contribution in [0.2, 0.25) is 0 Å². The average Bonchev–Trinajstić information content (AvgIpc) is 2.31. The zero-order valence-corrected chi connectivity index (χ0v) is 8.79.